The Morgan fingerprint density at radius 2 is 1.83 bits per heavy atom. The highest BCUT2D eigenvalue weighted by Gasteiger charge is 2.22. The van der Waals surface area contributed by atoms with Crippen LogP contribution < -0.4 is 4.74 Å². The molecule has 0 N–H and O–H groups in total. The van der Waals surface area contributed by atoms with Crippen molar-refractivity contribution in [3.05, 3.63) is 30.2 Å². The van der Waals surface area contributed by atoms with Crippen LogP contribution in [-0.4, -0.2) is 0 Å². The minimum Gasteiger partial charge on any atom is -0.485 e. The zero-order valence-corrected chi connectivity index (χ0v) is 6.24. The van der Waals surface area contributed by atoms with E-state index in [1.807, 2.05) is 6.07 Å². The van der Waals surface area contributed by atoms with Crippen molar-refractivity contribution in [3.8, 4) is 17.3 Å². The van der Waals surface area contributed by atoms with Crippen LogP contribution in [0.1, 0.15) is 5.56 Å². The fourth-order valence-electron chi connectivity index (χ4n) is 1.38. The van der Waals surface area contributed by atoms with Crippen LogP contribution in [0.15, 0.2) is 33.5 Å². The van der Waals surface area contributed by atoms with E-state index in [4.69, 9.17) is 13.6 Å². The maximum atomic E-state index is 5.39. The van der Waals surface area contributed by atoms with Crippen LogP contribution in [0.5, 0.6) is 5.75 Å². The van der Waals surface area contributed by atoms with Gasteiger partial charge in [-0.05, 0) is 6.07 Å². The normalized spacial score (nSPS) is 13.3. The van der Waals surface area contributed by atoms with Gasteiger partial charge < -0.3 is 13.6 Å². The van der Waals surface area contributed by atoms with Crippen LogP contribution in [0.25, 0.3) is 11.5 Å². The topological polar surface area (TPSA) is 35.5 Å². The second kappa shape index (κ2) is 1.94. The van der Waals surface area contributed by atoms with Crippen molar-refractivity contribution in [2.75, 3.05) is 0 Å². The molecule has 0 fully saturated rings. The summed E-state index contributed by atoms with van der Waals surface area (Å²) in [5.74, 6) is 2.25. The minimum absolute atomic E-state index is 0.568. The van der Waals surface area contributed by atoms with E-state index in [0.29, 0.717) is 12.4 Å². The summed E-state index contributed by atoms with van der Waals surface area (Å²) in [6.45, 7) is 0.568. The lowest BCUT2D eigenvalue weighted by atomic mass is 10.2. The monoisotopic (exact) mass is 162 g/mol. The van der Waals surface area contributed by atoms with Gasteiger partial charge in [0.2, 0.25) is 5.76 Å². The Hall–Kier alpha value is -1.64. The van der Waals surface area contributed by atoms with E-state index in [9.17, 15) is 0 Å². The second-order valence-electron chi connectivity index (χ2n) is 2.68. The van der Waals surface area contributed by atoms with Crippen LogP contribution in [0.2, 0.25) is 0 Å². The molecule has 0 aliphatic carbocycles. The molecule has 3 heterocycles. The van der Waals surface area contributed by atoms with Gasteiger partial charge in [0.15, 0.2) is 11.5 Å². The number of hydrogen-bond donors (Lipinski definition) is 0. The largest absolute Gasteiger partial charge is 0.485 e. The quantitative estimate of drug-likeness (QED) is 0.596. The molecule has 0 bridgehead atoms. The molecular weight excluding hydrogens is 156 g/mol. The van der Waals surface area contributed by atoms with Crippen molar-refractivity contribution in [2.24, 2.45) is 0 Å². The van der Waals surface area contributed by atoms with Gasteiger partial charge >= 0.3 is 0 Å². The molecule has 0 saturated heterocycles. The fraction of sp³-hybridized carbons (Fsp3) is 0.111. The van der Waals surface area contributed by atoms with Gasteiger partial charge in [0, 0.05) is 11.6 Å². The van der Waals surface area contributed by atoms with Crippen LogP contribution in [0.3, 0.4) is 0 Å². The zero-order chi connectivity index (χ0) is 7.97. The number of furan rings is 2. The molecule has 0 aromatic carbocycles. The summed E-state index contributed by atoms with van der Waals surface area (Å²) in [5.41, 5.74) is 1.04. The Kier molecular flexibility index (Phi) is 0.961. The molecule has 2 aromatic heterocycles. The van der Waals surface area contributed by atoms with E-state index in [2.05, 4.69) is 0 Å². The zero-order valence-electron chi connectivity index (χ0n) is 6.24. The second-order valence-corrected chi connectivity index (χ2v) is 2.68. The maximum Gasteiger partial charge on any atom is 0.211 e. The summed E-state index contributed by atoms with van der Waals surface area (Å²) >= 11 is 0. The highest BCUT2D eigenvalue weighted by Crippen LogP contribution is 2.38. The van der Waals surface area contributed by atoms with E-state index in [1.165, 1.54) is 0 Å². The Morgan fingerprint density at radius 1 is 1.00 bits per heavy atom. The Balaban J connectivity index is 2.32. The number of ether oxygens (including phenoxy) is 1. The summed E-state index contributed by atoms with van der Waals surface area (Å²) in [4.78, 5) is 0. The van der Waals surface area contributed by atoms with Crippen molar-refractivity contribution in [1.29, 1.82) is 0 Å². The molecular formula is C9H6O3. The first kappa shape index (κ1) is 5.94. The van der Waals surface area contributed by atoms with Crippen molar-refractivity contribution < 1.29 is 13.6 Å². The fourth-order valence-corrected chi connectivity index (χ4v) is 1.38. The molecule has 0 spiro atoms. The maximum absolute atomic E-state index is 5.39. The average molecular weight is 162 g/mol. The van der Waals surface area contributed by atoms with E-state index in [1.54, 1.807) is 18.6 Å². The Morgan fingerprint density at radius 3 is 2.83 bits per heavy atom. The van der Waals surface area contributed by atoms with Gasteiger partial charge in [-0.1, -0.05) is 0 Å². The first-order valence-corrected chi connectivity index (χ1v) is 3.72. The third-order valence-corrected chi connectivity index (χ3v) is 1.97. The molecule has 0 atom stereocenters. The molecule has 3 nitrogen and oxygen atoms in total. The summed E-state index contributed by atoms with van der Waals surface area (Å²) in [7, 11) is 0. The third-order valence-electron chi connectivity index (χ3n) is 1.97. The SMILES string of the molecule is c1cc2c(o1)-c1occc1OC2. The van der Waals surface area contributed by atoms with Crippen molar-refractivity contribution in [1.82, 2.24) is 0 Å². The highest BCUT2D eigenvalue weighted by molar-refractivity contribution is 5.64. The lowest BCUT2D eigenvalue weighted by Crippen LogP contribution is -2.00. The van der Waals surface area contributed by atoms with Crippen LogP contribution >= 0.6 is 0 Å². The summed E-state index contributed by atoms with van der Waals surface area (Å²) in [5, 5.41) is 0. The molecule has 1 aliphatic heterocycles. The van der Waals surface area contributed by atoms with Crippen molar-refractivity contribution in [2.45, 2.75) is 6.61 Å². The van der Waals surface area contributed by atoms with Gasteiger partial charge in [0.1, 0.15) is 6.61 Å². The van der Waals surface area contributed by atoms with Gasteiger partial charge in [0.25, 0.3) is 0 Å². The predicted molar refractivity (Wildman–Crippen MR) is 40.7 cm³/mol. The summed E-state index contributed by atoms with van der Waals surface area (Å²) < 4.78 is 15.9. The standard InChI is InChI=1S/C9H6O3/c1-3-10-8-6(1)5-12-7-2-4-11-9(7)8/h1-4H,5H2. The van der Waals surface area contributed by atoms with E-state index < -0.39 is 0 Å². The number of hydrogen-bond acceptors (Lipinski definition) is 3. The molecule has 0 amide bonds. The first-order valence-electron chi connectivity index (χ1n) is 3.72. The smallest absolute Gasteiger partial charge is 0.211 e. The first-order chi connectivity index (χ1) is 5.95. The van der Waals surface area contributed by atoms with Crippen molar-refractivity contribution in [3.63, 3.8) is 0 Å². The molecule has 0 saturated carbocycles. The molecule has 12 heavy (non-hydrogen) atoms. The third kappa shape index (κ3) is 0.605. The number of rotatable bonds is 0. The van der Waals surface area contributed by atoms with E-state index >= 15 is 0 Å². The van der Waals surface area contributed by atoms with Gasteiger partial charge in [-0.25, -0.2) is 0 Å². The van der Waals surface area contributed by atoms with Crippen LogP contribution in [-0.2, 0) is 6.61 Å². The lowest BCUT2D eigenvalue weighted by Gasteiger charge is -2.10. The van der Waals surface area contributed by atoms with Gasteiger partial charge in [-0.15, -0.1) is 0 Å². The molecule has 3 rings (SSSR count). The van der Waals surface area contributed by atoms with Gasteiger partial charge in [-0.2, -0.15) is 0 Å². The van der Waals surface area contributed by atoms with Gasteiger partial charge in [-0.3, -0.25) is 0 Å². The molecule has 3 heteroatoms. The predicted octanol–water partition coefficient (Wildman–Crippen LogP) is 2.43. The Bertz CT molecular complexity index is 371. The van der Waals surface area contributed by atoms with Crippen LogP contribution in [0.4, 0.5) is 0 Å². The minimum atomic E-state index is 0.568. The molecule has 0 unspecified atom stereocenters. The summed E-state index contributed by atoms with van der Waals surface area (Å²) in [6.07, 6.45) is 3.24. The van der Waals surface area contributed by atoms with Crippen LogP contribution in [0, 0.1) is 0 Å². The molecule has 2 aromatic rings. The Labute approximate surface area is 68.5 Å². The molecule has 0 radical (unpaired) electrons. The van der Waals surface area contributed by atoms with Crippen molar-refractivity contribution >= 4 is 0 Å². The van der Waals surface area contributed by atoms with E-state index in [-0.39, 0.29) is 0 Å². The highest BCUT2D eigenvalue weighted by atomic mass is 16.5. The molecule has 1 aliphatic rings. The van der Waals surface area contributed by atoms with E-state index in [0.717, 1.165) is 17.1 Å². The number of fused-ring (bicyclic) bond motifs is 3. The molecule has 60 valence electrons. The van der Waals surface area contributed by atoms with Gasteiger partial charge in [0.05, 0.1) is 12.5 Å². The average Bonchev–Trinajstić information content (AvgIpc) is 2.71. The summed E-state index contributed by atoms with van der Waals surface area (Å²) in [6, 6.07) is 3.68. The lowest BCUT2D eigenvalue weighted by molar-refractivity contribution is 0.293.